The van der Waals surface area contributed by atoms with E-state index in [1.165, 1.54) is 19.1 Å². The van der Waals surface area contributed by atoms with Gasteiger partial charge in [0, 0.05) is 0 Å². The minimum absolute atomic E-state index is 0.209. The maximum absolute atomic E-state index is 12.4. The molecule has 0 aliphatic heterocycles. The summed E-state index contributed by atoms with van der Waals surface area (Å²) in [6.45, 7) is 1.45. The van der Waals surface area contributed by atoms with Crippen LogP contribution >= 0.6 is 0 Å². The molecular weight excluding hydrogens is 205 g/mol. The lowest BCUT2D eigenvalue weighted by Crippen LogP contribution is -2.07. The third kappa shape index (κ3) is 2.43. The van der Waals surface area contributed by atoms with Crippen molar-refractivity contribution in [3.8, 4) is 5.75 Å². The first-order chi connectivity index (χ1) is 6.97. The van der Waals surface area contributed by atoms with E-state index in [2.05, 4.69) is 0 Å². The van der Waals surface area contributed by atoms with Crippen molar-refractivity contribution in [2.24, 2.45) is 0 Å². The zero-order chi connectivity index (χ0) is 11.1. The molecule has 1 aromatic carbocycles. The molecule has 15 heavy (non-hydrogen) atoms. The van der Waals surface area contributed by atoms with Crippen LogP contribution in [0, 0.1) is 6.92 Å². The number of aryl methyl sites for hydroxylation is 1. The number of rotatable bonds is 2. The third-order valence-electron chi connectivity index (χ3n) is 2.33. The van der Waals surface area contributed by atoms with Crippen LogP contribution in [0.15, 0.2) is 18.2 Å². The zero-order valence-electron chi connectivity index (χ0n) is 8.27. The molecule has 1 aliphatic carbocycles. The second-order valence-corrected chi connectivity index (χ2v) is 3.79. The largest absolute Gasteiger partial charge is 0.490 e. The molecule has 0 radical (unpaired) electrons. The molecule has 1 aromatic rings. The van der Waals surface area contributed by atoms with Gasteiger partial charge in [0.2, 0.25) is 0 Å². The van der Waals surface area contributed by atoms with Crippen molar-refractivity contribution in [1.82, 2.24) is 0 Å². The Hall–Kier alpha value is -1.19. The van der Waals surface area contributed by atoms with Crippen LogP contribution in [0.4, 0.5) is 13.2 Å². The number of alkyl halides is 3. The van der Waals surface area contributed by atoms with Crippen LogP contribution in [0.25, 0.3) is 0 Å². The maximum Gasteiger partial charge on any atom is 0.416 e. The second-order valence-electron chi connectivity index (χ2n) is 3.79. The van der Waals surface area contributed by atoms with Crippen molar-refractivity contribution >= 4 is 0 Å². The minimum atomic E-state index is -4.28. The van der Waals surface area contributed by atoms with Gasteiger partial charge in [-0.2, -0.15) is 13.2 Å². The summed E-state index contributed by atoms with van der Waals surface area (Å²) < 4.78 is 42.6. The van der Waals surface area contributed by atoms with Gasteiger partial charge in [0.15, 0.2) is 0 Å². The van der Waals surface area contributed by atoms with Crippen LogP contribution in [0.2, 0.25) is 0 Å². The topological polar surface area (TPSA) is 9.23 Å². The van der Waals surface area contributed by atoms with E-state index in [4.69, 9.17) is 4.74 Å². The summed E-state index contributed by atoms with van der Waals surface area (Å²) in [6.07, 6.45) is -2.07. The molecule has 82 valence electrons. The third-order valence-corrected chi connectivity index (χ3v) is 2.33. The van der Waals surface area contributed by atoms with E-state index in [9.17, 15) is 13.2 Å². The molecule has 2 rings (SSSR count). The van der Waals surface area contributed by atoms with Gasteiger partial charge in [-0.15, -0.1) is 0 Å². The van der Waals surface area contributed by atoms with E-state index in [1.54, 1.807) is 0 Å². The quantitative estimate of drug-likeness (QED) is 0.734. The van der Waals surface area contributed by atoms with Gasteiger partial charge in [-0.1, -0.05) is 0 Å². The Labute approximate surface area is 85.9 Å². The highest BCUT2D eigenvalue weighted by molar-refractivity contribution is 5.36. The molecule has 4 heteroatoms. The average Bonchev–Trinajstić information content (AvgIpc) is 2.85. The predicted octanol–water partition coefficient (Wildman–Crippen LogP) is 3.56. The Morgan fingerprint density at radius 2 is 1.93 bits per heavy atom. The van der Waals surface area contributed by atoms with Gasteiger partial charge in [0.05, 0.1) is 11.7 Å². The molecule has 0 heterocycles. The van der Waals surface area contributed by atoms with Crippen molar-refractivity contribution < 1.29 is 17.9 Å². The summed E-state index contributed by atoms with van der Waals surface area (Å²) in [5.41, 5.74) is -0.383. The molecule has 0 amide bonds. The summed E-state index contributed by atoms with van der Waals surface area (Å²) in [7, 11) is 0. The molecule has 0 saturated heterocycles. The van der Waals surface area contributed by atoms with E-state index in [0.29, 0.717) is 5.75 Å². The van der Waals surface area contributed by atoms with Crippen molar-refractivity contribution in [3.05, 3.63) is 29.3 Å². The van der Waals surface area contributed by atoms with Crippen LogP contribution in [-0.4, -0.2) is 6.10 Å². The van der Waals surface area contributed by atoms with Gasteiger partial charge in [0.25, 0.3) is 0 Å². The number of ether oxygens (including phenoxy) is 1. The molecule has 0 spiro atoms. The normalized spacial score (nSPS) is 16.5. The average molecular weight is 216 g/mol. The minimum Gasteiger partial charge on any atom is -0.490 e. The van der Waals surface area contributed by atoms with Gasteiger partial charge in [-0.3, -0.25) is 0 Å². The van der Waals surface area contributed by atoms with Crippen LogP contribution < -0.4 is 4.74 Å². The highest BCUT2D eigenvalue weighted by atomic mass is 19.4. The fourth-order valence-corrected chi connectivity index (χ4v) is 1.41. The first-order valence-electron chi connectivity index (χ1n) is 4.81. The van der Waals surface area contributed by atoms with Crippen molar-refractivity contribution in [2.75, 3.05) is 0 Å². The van der Waals surface area contributed by atoms with Gasteiger partial charge < -0.3 is 4.74 Å². The zero-order valence-corrected chi connectivity index (χ0v) is 8.27. The number of hydrogen-bond acceptors (Lipinski definition) is 1. The lowest BCUT2D eigenvalue weighted by atomic mass is 10.1. The fourth-order valence-electron chi connectivity index (χ4n) is 1.41. The molecular formula is C11H11F3O. The van der Waals surface area contributed by atoms with Crippen LogP contribution in [0.5, 0.6) is 5.75 Å². The van der Waals surface area contributed by atoms with E-state index in [1.807, 2.05) is 0 Å². The summed E-state index contributed by atoms with van der Waals surface area (Å²) >= 11 is 0. The van der Waals surface area contributed by atoms with Crippen LogP contribution in [0.3, 0.4) is 0 Å². The summed E-state index contributed by atoms with van der Waals surface area (Å²) in [5, 5.41) is 0. The Balaban J connectivity index is 2.21. The molecule has 1 fully saturated rings. The molecule has 1 saturated carbocycles. The van der Waals surface area contributed by atoms with E-state index in [0.717, 1.165) is 18.9 Å². The highest BCUT2D eigenvalue weighted by Gasteiger charge is 2.32. The summed E-state index contributed by atoms with van der Waals surface area (Å²) in [5.74, 6) is 0.531. The van der Waals surface area contributed by atoms with E-state index in [-0.39, 0.29) is 11.7 Å². The number of benzene rings is 1. The van der Waals surface area contributed by atoms with E-state index >= 15 is 0 Å². The van der Waals surface area contributed by atoms with Gasteiger partial charge in [0.1, 0.15) is 5.75 Å². The standard InChI is InChI=1S/C11H11F3O/c1-7-6-9(15-8-2-3-8)4-5-10(7)11(12,13)14/h4-6,8H,2-3H2,1H3. The molecule has 1 aliphatic rings. The molecule has 1 nitrogen and oxygen atoms in total. The van der Waals surface area contributed by atoms with Crippen LogP contribution in [-0.2, 0) is 6.18 Å². The fraction of sp³-hybridized carbons (Fsp3) is 0.455. The van der Waals surface area contributed by atoms with Gasteiger partial charge in [-0.25, -0.2) is 0 Å². The SMILES string of the molecule is Cc1cc(OC2CC2)ccc1C(F)(F)F. The molecule has 0 N–H and O–H groups in total. The summed E-state index contributed by atoms with van der Waals surface area (Å²) in [4.78, 5) is 0. The highest BCUT2D eigenvalue weighted by Crippen LogP contribution is 2.34. The Morgan fingerprint density at radius 3 is 2.40 bits per heavy atom. The summed E-state index contributed by atoms with van der Waals surface area (Å²) in [6, 6.07) is 3.91. The first-order valence-corrected chi connectivity index (χ1v) is 4.81. The lowest BCUT2D eigenvalue weighted by Gasteiger charge is -2.11. The predicted molar refractivity (Wildman–Crippen MR) is 49.8 cm³/mol. The Bertz CT molecular complexity index is 367. The number of hydrogen-bond donors (Lipinski definition) is 0. The van der Waals surface area contributed by atoms with Gasteiger partial charge in [-0.05, 0) is 43.5 Å². The monoisotopic (exact) mass is 216 g/mol. The number of halogens is 3. The molecule has 0 unspecified atom stereocenters. The van der Waals surface area contributed by atoms with Gasteiger partial charge >= 0.3 is 6.18 Å². The van der Waals surface area contributed by atoms with Crippen LogP contribution in [0.1, 0.15) is 24.0 Å². The molecule has 0 bridgehead atoms. The molecule has 0 aromatic heterocycles. The Morgan fingerprint density at radius 1 is 1.27 bits per heavy atom. The van der Waals surface area contributed by atoms with Crippen molar-refractivity contribution in [3.63, 3.8) is 0 Å². The lowest BCUT2D eigenvalue weighted by molar-refractivity contribution is -0.138. The first kappa shape index (κ1) is 10.3. The maximum atomic E-state index is 12.4. The Kier molecular flexibility index (Phi) is 2.37. The van der Waals surface area contributed by atoms with E-state index < -0.39 is 11.7 Å². The second kappa shape index (κ2) is 3.43. The van der Waals surface area contributed by atoms with Crippen molar-refractivity contribution in [2.45, 2.75) is 32.0 Å². The molecule has 0 atom stereocenters. The smallest absolute Gasteiger partial charge is 0.416 e. The van der Waals surface area contributed by atoms with Crippen molar-refractivity contribution in [1.29, 1.82) is 0 Å².